The zero-order valence-corrected chi connectivity index (χ0v) is 9.66. The lowest BCUT2D eigenvalue weighted by atomic mass is 9.60. The van der Waals surface area contributed by atoms with Crippen LogP contribution in [0, 0.1) is 5.41 Å². The first-order valence-corrected chi connectivity index (χ1v) is 6.22. The minimum Gasteiger partial charge on any atom is -0.455 e. The number of carbonyl (C=O) groups excluding carboxylic acids is 1. The molecule has 0 aromatic rings. The molecule has 16 heavy (non-hydrogen) atoms. The van der Waals surface area contributed by atoms with Crippen LogP contribution in [0.5, 0.6) is 0 Å². The zero-order chi connectivity index (χ0) is 11.4. The van der Waals surface area contributed by atoms with Gasteiger partial charge in [-0.05, 0) is 38.5 Å². The second-order valence-corrected chi connectivity index (χ2v) is 5.62. The largest absolute Gasteiger partial charge is 0.455 e. The molecule has 0 radical (unpaired) electrons. The lowest BCUT2D eigenvalue weighted by molar-refractivity contribution is -0.154. The molecule has 0 aromatic heterocycles. The summed E-state index contributed by atoms with van der Waals surface area (Å²) >= 11 is 0. The molecule has 0 amide bonds. The predicted octanol–water partition coefficient (Wildman–Crippen LogP) is 1.94. The van der Waals surface area contributed by atoms with Gasteiger partial charge in [-0.15, -0.1) is 0 Å². The van der Waals surface area contributed by atoms with Crippen LogP contribution < -0.4 is 0 Å². The Morgan fingerprint density at radius 3 is 3.00 bits per heavy atom. The molecule has 0 spiro atoms. The summed E-state index contributed by atoms with van der Waals surface area (Å²) in [6, 6.07) is 0. The van der Waals surface area contributed by atoms with Crippen molar-refractivity contribution < 1.29 is 14.6 Å². The van der Waals surface area contributed by atoms with Crippen molar-refractivity contribution in [2.75, 3.05) is 0 Å². The van der Waals surface area contributed by atoms with Crippen LogP contribution in [-0.4, -0.2) is 22.8 Å². The Hall–Kier alpha value is -0.830. The van der Waals surface area contributed by atoms with E-state index in [1.807, 2.05) is 6.08 Å². The number of hydrogen-bond acceptors (Lipinski definition) is 3. The van der Waals surface area contributed by atoms with Crippen LogP contribution in [0.1, 0.15) is 45.4 Å². The molecule has 0 bridgehead atoms. The van der Waals surface area contributed by atoms with Crippen LogP contribution in [0.25, 0.3) is 0 Å². The van der Waals surface area contributed by atoms with Crippen LogP contribution in [0.2, 0.25) is 0 Å². The van der Waals surface area contributed by atoms with Crippen molar-refractivity contribution in [2.24, 2.45) is 5.41 Å². The summed E-state index contributed by atoms with van der Waals surface area (Å²) in [6.07, 6.45) is 7.36. The Labute approximate surface area is 95.5 Å². The van der Waals surface area contributed by atoms with Crippen molar-refractivity contribution in [3.8, 4) is 0 Å². The maximum Gasteiger partial charge on any atom is 0.337 e. The number of aliphatic hydroxyl groups is 1. The molecule has 1 N–H and O–H groups in total. The van der Waals surface area contributed by atoms with Gasteiger partial charge in [-0.2, -0.15) is 0 Å². The highest BCUT2D eigenvalue weighted by molar-refractivity contribution is 5.94. The highest BCUT2D eigenvalue weighted by Gasteiger charge is 2.63. The van der Waals surface area contributed by atoms with Crippen LogP contribution in [0.3, 0.4) is 0 Å². The summed E-state index contributed by atoms with van der Waals surface area (Å²) in [6.45, 7) is 2.11. The van der Waals surface area contributed by atoms with Crippen molar-refractivity contribution in [1.29, 1.82) is 0 Å². The summed E-state index contributed by atoms with van der Waals surface area (Å²) in [5.74, 6) is -0.289. The molecular weight excluding hydrogens is 204 g/mol. The fraction of sp³-hybridized carbons (Fsp3) is 0.769. The molecule has 1 saturated carbocycles. The number of allylic oxidation sites excluding steroid dienone is 1. The Bertz CT molecular complexity index is 373. The number of esters is 1. The topological polar surface area (TPSA) is 46.5 Å². The molecule has 2 aliphatic carbocycles. The normalized spacial score (nSPS) is 46.8. The molecule has 1 saturated heterocycles. The highest BCUT2D eigenvalue weighted by Crippen LogP contribution is 2.56. The van der Waals surface area contributed by atoms with Crippen molar-refractivity contribution in [3.63, 3.8) is 0 Å². The first-order valence-electron chi connectivity index (χ1n) is 6.22. The van der Waals surface area contributed by atoms with Gasteiger partial charge in [0.15, 0.2) is 0 Å². The molecule has 1 aliphatic heterocycles. The minimum atomic E-state index is -1.02. The maximum atomic E-state index is 11.8. The predicted molar refractivity (Wildman–Crippen MR) is 58.7 cm³/mol. The Morgan fingerprint density at radius 2 is 2.19 bits per heavy atom. The van der Waals surface area contributed by atoms with Gasteiger partial charge in [0.1, 0.15) is 11.7 Å². The molecule has 3 aliphatic rings. The van der Waals surface area contributed by atoms with Gasteiger partial charge in [-0.3, -0.25) is 0 Å². The van der Waals surface area contributed by atoms with E-state index in [0.29, 0.717) is 5.57 Å². The first kappa shape index (κ1) is 10.3. The molecular formula is C13H18O3. The van der Waals surface area contributed by atoms with E-state index in [0.717, 1.165) is 38.5 Å². The maximum absolute atomic E-state index is 11.8. The summed E-state index contributed by atoms with van der Waals surface area (Å²) in [4.78, 5) is 11.8. The number of hydrogen-bond donors (Lipinski definition) is 1. The van der Waals surface area contributed by atoms with E-state index in [-0.39, 0.29) is 17.5 Å². The minimum absolute atomic E-state index is 0.176. The third-order valence-corrected chi connectivity index (χ3v) is 4.74. The van der Waals surface area contributed by atoms with Crippen molar-refractivity contribution >= 4 is 5.97 Å². The fourth-order valence-electron chi connectivity index (χ4n) is 3.75. The monoisotopic (exact) mass is 222 g/mol. The zero-order valence-electron chi connectivity index (χ0n) is 9.66. The molecule has 3 heteroatoms. The molecule has 3 nitrogen and oxygen atoms in total. The van der Waals surface area contributed by atoms with E-state index in [1.165, 1.54) is 0 Å². The summed E-state index contributed by atoms with van der Waals surface area (Å²) < 4.78 is 5.35. The molecule has 2 fully saturated rings. The second-order valence-electron chi connectivity index (χ2n) is 5.62. The Balaban J connectivity index is 2.16. The average Bonchev–Trinajstić information content (AvgIpc) is 2.40. The second kappa shape index (κ2) is 3.10. The van der Waals surface area contributed by atoms with Crippen LogP contribution in [-0.2, 0) is 9.53 Å². The van der Waals surface area contributed by atoms with E-state index in [2.05, 4.69) is 6.92 Å². The quantitative estimate of drug-likeness (QED) is 0.637. The third-order valence-electron chi connectivity index (χ3n) is 4.74. The van der Waals surface area contributed by atoms with E-state index in [4.69, 9.17) is 4.74 Å². The number of carbonyl (C=O) groups is 1. The smallest absolute Gasteiger partial charge is 0.337 e. The Morgan fingerprint density at radius 1 is 1.44 bits per heavy atom. The fourth-order valence-corrected chi connectivity index (χ4v) is 3.75. The van der Waals surface area contributed by atoms with Gasteiger partial charge in [0, 0.05) is 5.41 Å². The van der Waals surface area contributed by atoms with E-state index in [1.54, 1.807) is 0 Å². The summed E-state index contributed by atoms with van der Waals surface area (Å²) in [5, 5.41) is 11.0. The molecule has 1 heterocycles. The molecule has 88 valence electrons. The standard InChI is InChI=1S/C13H18O3/c1-12-7-3-2-5-9-11(14)16-10(6-4-8-12)13(9,12)15/h5,10,15H,2-4,6-8H2,1H3/t10-,12+,13+/m1/s1. The Kier molecular flexibility index (Phi) is 2.00. The molecule has 3 rings (SSSR count). The van der Waals surface area contributed by atoms with Gasteiger partial charge in [-0.25, -0.2) is 4.79 Å². The van der Waals surface area contributed by atoms with Crippen LogP contribution >= 0.6 is 0 Å². The number of rotatable bonds is 0. The lowest BCUT2D eigenvalue weighted by Crippen LogP contribution is -2.55. The van der Waals surface area contributed by atoms with Crippen LogP contribution in [0.4, 0.5) is 0 Å². The van der Waals surface area contributed by atoms with Gasteiger partial charge in [0.2, 0.25) is 0 Å². The van der Waals surface area contributed by atoms with E-state index in [9.17, 15) is 9.90 Å². The van der Waals surface area contributed by atoms with E-state index >= 15 is 0 Å². The van der Waals surface area contributed by atoms with Gasteiger partial charge < -0.3 is 9.84 Å². The average molecular weight is 222 g/mol. The molecule has 3 atom stereocenters. The van der Waals surface area contributed by atoms with Gasteiger partial charge in [-0.1, -0.05) is 13.0 Å². The summed E-state index contributed by atoms with van der Waals surface area (Å²) in [7, 11) is 0. The van der Waals surface area contributed by atoms with E-state index < -0.39 is 5.60 Å². The molecule has 0 aromatic carbocycles. The lowest BCUT2D eigenvalue weighted by Gasteiger charge is -2.47. The van der Waals surface area contributed by atoms with Crippen molar-refractivity contribution in [2.45, 2.75) is 57.2 Å². The van der Waals surface area contributed by atoms with Crippen molar-refractivity contribution in [1.82, 2.24) is 0 Å². The first-order chi connectivity index (χ1) is 7.58. The number of ether oxygens (including phenoxy) is 1. The molecule has 0 unspecified atom stereocenters. The van der Waals surface area contributed by atoms with Gasteiger partial charge in [0.25, 0.3) is 0 Å². The SMILES string of the molecule is C[C@]12CCCC=C3C(=O)O[C@H](CCC1)[C@@]32O. The van der Waals surface area contributed by atoms with Gasteiger partial charge in [0.05, 0.1) is 5.57 Å². The van der Waals surface area contributed by atoms with Crippen LogP contribution in [0.15, 0.2) is 11.6 Å². The summed E-state index contributed by atoms with van der Waals surface area (Å²) in [5.41, 5.74) is -0.652. The third kappa shape index (κ3) is 1.05. The van der Waals surface area contributed by atoms with Gasteiger partial charge >= 0.3 is 5.97 Å². The van der Waals surface area contributed by atoms with Crippen molar-refractivity contribution in [3.05, 3.63) is 11.6 Å². The highest BCUT2D eigenvalue weighted by atomic mass is 16.6.